The zero-order valence-electron chi connectivity index (χ0n) is 9.59. The molecule has 1 atom stereocenters. The number of benzene rings is 1. The van der Waals surface area contributed by atoms with Crippen LogP contribution >= 0.6 is 11.6 Å². The molecule has 0 heterocycles. The Morgan fingerprint density at radius 2 is 2.25 bits per heavy atom. The molecule has 3 nitrogen and oxygen atoms in total. The van der Waals surface area contributed by atoms with Gasteiger partial charge in [0.15, 0.2) is 0 Å². The summed E-state index contributed by atoms with van der Waals surface area (Å²) in [5.41, 5.74) is 7.13. The number of amides is 1. The molecule has 0 spiro atoms. The molecule has 0 aliphatic heterocycles. The second-order valence-electron chi connectivity index (χ2n) is 3.99. The summed E-state index contributed by atoms with van der Waals surface area (Å²) in [6.45, 7) is 4.39. The van der Waals surface area contributed by atoms with Crippen LogP contribution < -0.4 is 11.1 Å². The second-order valence-corrected chi connectivity index (χ2v) is 4.39. The number of carbonyl (C=O) groups excluding carboxylic acids is 1. The molecular formula is C12H17ClN2O. The van der Waals surface area contributed by atoms with Gasteiger partial charge in [0, 0.05) is 23.2 Å². The number of halogens is 1. The van der Waals surface area contributed by atoms with Gasteiger partial charge in [0.2, 0.25) is 0 Å². The number of nitrogens with one attached hydrogen (secondary N) is 1. The van der Waals surface area contributed by atoms with Crippen LogP contribution in [0.2, 0.25) is 5.02 Å². The summed E-state index contributed by atoms with van der Waals surface area (Å²) in [7, 11) is 0. The fourth-order valence-corrected chi connectivity index (χ4v) is 1.42. The average molecular weight is 241 g/mol. The van der Waals surface area contributed by atoms with Gasteiger partial charge in [0.1, 0.15) is 0 Å². The second kappa shape index (κ2) is 5.87. The zero-order chi connectivity index (χ0) is 12.1. The van der Waals surface area contributed by atoms with Gasteiger partial charge in [-0.15, -0.1) is 0 Å². The molecule has 1 rings (SSSR count). The van der Waals surface area contributed by atoms with E-state index in [0.717, 1.165) is 12.0 Å². The maximum absolute atomic E-state index is 11.7. The van der Waals surface area contributed by atoms with Crippen molar-refractivity contribution in [3.63, 3.8) is 0 Å². The quantitative estimate of drug-likeness (QED) is 0.847. The van der Waals surface area contributed by atoms with Gasteiger partial charge < -0.3 is 11.1 Å². The van der Waals surface area contributed by atoms with Crippen LogP contribution in [0.25, 0.3) is 0 Å². The van der Waals surface area contributed by atoms with Crippen molar-refractivity contribution in [1.82, 2.24) is 5.32 Å². The molecule has 0 bridgehead atoms. The van der Waals surface area contributed by atoms with Crippen LogP contribution in [0, 0.1) is 6.92 Å². The number of aryl methyl sites for hydroxylation is 1. The van der Waals surface area contributed by atoms with Gasteiger partial charge in [-0.25, -0.2) is 0 Å². The van der Waals surface area contributed by atoms with Gasteiger partial charge in [-0.1, -0.05) is 11.6 Å². The first-order valence-corrected chi connectivity index (χ1v) is 5.68. The van der Waals surface area contributed by atoms with Crippen LogP contribution in [0.3, 0.4) is 0 Å². The lowest BCUT2D eigenvalue weighted by Crippen LogP contribution is -2.28. The van der Waals surface area contributed by atoms with Crippen LogP contribution in [-0.4, -0.2) is 18.5 Å². The SMILES string of the molecule is Cc1cc(C(=O)NCCC(C)N)ccc1Cl. The predicted molar refractivity (Wildman–Crippen MR) is 66.8 cm³/mol. The number of hydrogen-bond acceptors (Lipinski definition) is 2. The Hall–Kier alpha value is -1.06. The van der Waals surface area contributed by atoms with E-state index in [1.54, 1.807) is 18.2 Å². The fourth-order valence-electron chi connectivity index (χ4n) is 1.30. The Kier molecular flexibility index (Phi) is 4.77. The molecule has 4 heteroatoms. The summed E-state index contributed by atoms with van der Waals surface area (Å²) < 4.78 is 0. The van der Waals surface area contributed by atoms with Gasteiger partial charge >= 0.3 is 0 Å². The predicted octanol–water partition coefficient (Wildman–Crippen LogP) is 2.12. The lowest BCUT2D eigenvalue weighted by Gasteiger charge is -2.08. The summed E-state index contributed by atoms with van der Waals surface area (Å²) in [4.78, 5) is 11.7. The number of carbonyl (C=O) groups is 1. The third kappa shape index (κ3) is 3.83. The van der Waals surface area contributed by atoms with Crippen LogP contribution in [-0.2, 0) is 0 Å². The molecule has 1 unspecified atom stereocenters. The van der Waals surface area contributed by atoms with Crippen LogP contribution in [0.5, 0.6) is 0 Å². The molecule has 0 aliphatic carbocycles. The molecule has 0 radical (unpaired) electrons. The summed E-state index contributed by atoms with van der Waals surface area (Å²) in [6, 6.07) is 5.34. The maximum atomic E-state index is 11.7. The van der Waals surface area contributed by atoms with E-state index in [9.17, 15) is 4.79 Å². The number of rotatable bonds is 4. The van der Waals surface area contributed by atoms with Gasteiger partial charge in [-0.2, -0.15) is 0 Å². The summed E-state index contributed by atoms with van der Waals surface area (Å²) >= 11 is 5.88. The molecule has 3 N–H and O–H groups in total. The van der Waals surface area contributed by atoms with Gasteiger partial charge in [-0.05, 0) is 44.0 Å². The Morgan fingerprint density at radius 3 is 2.81 bits per heavy atom. The molecule has 0 aliphatic rings. The van der Waals surface area contributed by atoms with Crippen molar-refractivity contribution in [2.75, 3.05) is 6.54 Å². The summed E-state index contributed by atoms with van der Waals surface area (Å²) in [5.74, 6) is -0.0829. The van der Waals surface area contributed by atoms with E-state index in [2.05, 4.69) is 5.32 Å². The Bertz CT molecular complexity index is 377. The first kappa shape index (κ1) is 13.0. The van der Waals surface area contributed by atoms with Gasteiger partial charge in [-0.3, -0.25) is 4.79 Å². The third-order valence-corrected chi connectivity index (χ3v) is 2.73. The van der Waals surface area contributed by atoms with Crippen LogP contribution in [0.4, 0.5) is 0 Å². The minimum absolute atomic E-state index is 0.0829. The molecule has 16 heavy (non-hydrogen) atoms. The average Bonchev–Trinajstić information content (AvgIpc) is 2.21. The molecule has 1 amide bonds. The van der Waals surface area contributed by atoms with Gasteiger partial charge in [0.25, 0.3) is 5.91 Å². The largest absolute Gasteiger partial charge is 0.352 e. The standard InChI is InChI=1S/C12H17ClN2O/c1-8-7-10(3-4-11(8)13)12(16)15-6-5-9(2)14/h3-4,7,9H,5-6,14H2,1-2H3,(H,15,16). The zero-order valence-corrected chi connectivity index (χ0v) is 10.3. The number of hydrogen-bond donors (Lipinski definition) is 2. The van der Waals surface area contributed by atoms with E-state index in [-0.39, 0.29) is 11.9 Å². The lowest BCUT2D eigenvalue weighted by molar-refractivity contribution is 0.0952. The van der Waals surface area contributed by atoms with E-state index < -0.39 is 0 Å². The molecule has 0 aromatic heterocycles. The Balaban J connectivity index is 2.56. The molecule has 0 saturated heterocycles. The van der Waals surface area contributed by atoms with Crippen molar-refractivity contribution in [2.24, 2.45) is 5.73 Å². The van der Waals surface area contributed by atoms with Crippen molar-refractivity contribution >= 4 is 17.5 Å². The molecule has 1 aromatic carbocycles. The first-order valence-electron chi connectivity index (χ1n) is 5.30. The Morgan fingerprint density at radius 1 is 1.56 bits per heavy atom. The lowest BCUT2D eigenvalue weighted by atomic mass is 10.1. The molecule has 1 aromatic rings. The minimum Gasteiger partial charge on any atom is -0.352 e. The highest BCUT2D eigenvalue weighted by Crippen LogP contribution is 2.16. The topological polar surface area (TPSA) is 55.1 Å². The van der Waals surface area contributed by atoms with Gasteiger partial charge in [0.05, 0.1) is 0 Å². The highest BCUT2D eigenvalue weighted by atomic mass is 35.5. The smallest absolute Gasteiger partial charge is 0.251 e. The monoisotopic (exact) mass is 240 g/mol. The maximum Gasteiger partial charge on any atom is 0.251 e. The van der Waals surface area contributed by atoms with Crippen LogP contribution in [0.15, 0.2) is 18.2 Å². The molecule has 88 valence electrons. The van der Waals surface area contributed by atoms with Crippen molar-refractivity contribution in [2.45, 2.75) is 26.3 Å². The van der Waals surface area contributed by atoms with Crippen molar-refractivity contribution < 1.29 is 4.79 Å². The van der Waals surface area contributed by atoms with Crippen molar-refractivity contribution in [1.29, 1.82) is 0 Å². The first-order chi connectivity index (χ1) is 7.50. The normalized spacial score (nSPS) is 12.2. The highest BCUT2D eigenvalue weighted by Gasteiger charge is 2.06. The summed E-state index contributed by atoms with van der Waals surface area (Å²) in [6.07, 6.45) is 0.776. The molecule has 0 fully saturated rings. The van der Waals surface area contributed by atoms with E-state index >= 15 is 0 Å². The van der Waals surface area contributed by atoms with E-state index in [1.807, 2.05) is 13.8 Å². The van der Waals surface area contributed by atoms with Crippen molar-refractivity contribution in [3.8, 4) is 0 Å². The highest BCUT2D eigenvalue weighted by molar-refractivity contribution is 6.31. The number of nitrogens with two attached hydrogens (primary N) is 1. The van der Waals surface area contributed by atoms with Crippen molar-refractivity contribution in [3.05, 3.63) is 34.3 Å². The van der Waals surface area contributed by atoms with E-state index in [4.69, 9.17) is 17.3 Å². The molecular weight excluding hydrogens is 224 g/mol. The molecule has 0 saturated carbocycles. The Labute approximate surface area is 101 Å². The van der Waals surface area contributed by atoms with E-state index in [1.165, 1.54) is 0 Å². The minimum atomic E-state index is -0.0829. The third-order valence-electron chi connectivity index (χ3n) is 2.31. The van der Waals surface area contributed by atoms with Crippen LogP contribution in [0.1, 0.15) is 29.3 Å². The fraction of sp³-hybridized carbons (Fsp3) is 0.417. The summed E-state index contributed by atoms with van der Waals surface area (Å²) in [5, 5.41) is 3.49. The van der Waals surface area contributed by atoms with E-state index in [0.29, 0.717) is 17.1 Å².